The molecule has 0 aromatic carbocycles. The Hall–Kier alpha value is -2.13. The molecule has 4 rings (SSSR count). The molecule has 2 aliphatic carbocycles. The van der Waals surface area contributed by atoms with E-state index in [2.05, 4.69) is 15.3 Å². The lowest BCUT2D eigenvalue weighted by Crippen LogP contribution is -2.24. The van der Waals surface area contributed by atoms with Gasteiger partial charge in [0.15, 0.2) is 0 Å². The van der Waals surface area contributed by atoms with E-state index in [-0.39, 0.29) is 17.6 Å². The largest absolute Gasteiger partial charge is 0.462 e. The molecule has 2 aromatic heterocycles. The molecule has 0 saturated heterocycles. The van der Waals surface area contributed by atoms with Crippen LogP contribution in [0, 0.1) is 0 Å². The maximum atomic E-state index is 12.9. The summed E-state index contributed by atoms with van der Waals surface area (Å²) in [5.74, 6) is -0.592. The van der Waals surface area contributed by atoms with Crippen LogP contribution in [0.5, 0.6) is 0 Å². The topological polar surface area (TPSA) is 101 Å². The van der Waals surface area contributed by atoms with Crippen LogP contribution in [0.15, 0.2) is 9.82 Å². The Bertz CT molecular complexity index is 1030. The number of anilines is 1. The number of ether oxygens (including phenoxy) is 1. The molecule has 7 nitrogen and oxygen atoms in total. The summed E-state index contributed by atoms with van der Waals surface area (Å²) in [5.41, 5.74) is 3.11. The number of carbonyl (C=O) groups is 2. The van der Waals surface area contributed by atoms with Crippen molar-refractivity contribution in [3.63, 3.8) is 0 Å². The maximum absolute atomic E-state index is 12.9. The normalized spacial score (nSPS) is 15.7. The zero-order chi connectivity index (χ0) is 20.5. The second-order valence-corrected chi connectivity index (χ2v) is 9.62. The van der Waals surface area contributed by atoms with E-state index in [9.17, 15) is 14.4 Å². The monoisotopic (exact) mass is 433 g/mol. The highest BCUT2D eigenvalue weighted by molar-refractivity contribution is 8.00. The third-order valence-electron chi connectivity index (χ3n) is 5.23. The SMILES string of the molecule is CCOC(=O)c1c(NC(=O)C(C)Sc2nc(=O)[nH]c3c2CCC3)sc2c1CCC2. The van der Waals surface area contributed by atoms with Crippen LogP contribution in [0.3, 0.4) is 0 Å². The average Bonchev–Trinajstić information content (AvgIpc) is 3.37. The standard InChI is InChI=1S/C20H23N3O4S2/c1-3-27-19(25)15-12-7-5-9-14(12)29-18(15)22-16(24)10(2)28-17-11-6-4-8-13(11)21-20(26)23-17/h10H,3-9H2,1-2H3,(H,22,24)(H,21,23,26). The Morgan fingerprint density at radius 3 is 2.79 bits per heavy atom. The molecule has 9 heteroatoms. The number of hydrogen-bond acceptors (Lipinski definition) is 7. The van der Waals surface area contributed by atoms with Crippen LogP contribution in [-0.2, 0) is 35.2 Å². The van der Waals surface area contributed by atoms with Gasteiger partial charge < -0.3 is 15.0 Å². The summed E-state index contributed by atoms with van der Waals surface area (Å²) >= 11 is 2.76. The van der Waals surface area contributed by atoms with Crippen molar-refractivity contribution in [2.24, 2.45) is 0 Å². The fourth-order valence-corrected chi connectivity index (χ4v) is 6.16. The number of H-pyrrole nitrogens is 1. The van der Waals surface area contributed by atoms with E-state index in [0.29, 0.717) is 22.2 Å². The first kappa shape index (κ1) is 20.2. The van der Waals surface area contributed by atoms with E-state index in [0.717, 1.165) is 60.2 Å². The number of aromatic nitrogens is 2. The lowest BCUT2D eigenvalue weighted by molar-refractivity contribution is -0.115. The first-order chi connectivity index (χ1) is 14.0. The van der Waals surface area contributed by atoms with Crippen LogP contribution in [0.4, 0.5) is 5.00 Å². The molecule has 0 spiro atoms. The fraction of sp³-hybridized carbons (Fsp3) is 0.500. The molecular weight excluding hydrogens is 410 g/mol. The Labute approximate surface area is 176 Å². The predicted molar refractivity (Wildman–Crippen MR) is 113 cm³/mol. The molecule has 2 aromatic rings. The van der Waals surface area contributed by atoms with Crippen molar-refractivity contribution in [2.45, 2.75) is 62.6 Å². The van der Waals surface area contributed by atoms with Gasteiger partial charge in [-0.1, -0.05) is 11.8 Å². The smallest absolute Gasteiger partial charge is 0.346 e. The molecule has 154 valence electrons. The van der Waals surface area contributed by atoms with Gasteiger partial charge in [0.05, 0.1) is 17.4 Å². The van der Waals surface area contributed by atoms with Gasteiger partial charge in [-0.2, -0.15) is 4.98 Å². The van der Waals surface area contributed by atoms with Crippen molar-refractivity contribution in [3.05, 3.63) is 37.7 Å². The van der Waals surface area contributed by atoms with Crippen LogP contribution in [0.1, 0.15) is 58.7 Å². The molecule has 2 heterocycles. The summed E-state index contributed by atoms with van der Waals surface area (Å²) in [6, 6.07) is 0. The Kier molecular flexibility index (Phi) is 5.78. The number of hydrogen-bond donors (Lipinski definition) is 2. The van der Waals surface area contributed by atoms with E-state index in [1.54, 1.807) is 13.8 Å². The molecule has 1 amide bonds. The zero-order valence-corrected chi connectivity index (χ0v) is 18.1. The Morgan fingerprint density at radius 1 is 1.24 bits per heavy atom. The molecule has 0 radical (unpaired) electrons. The number of carbonyl (C=O) groups excluding carboxylic acids is 2. The molecule has 29 heavy (non-hydrogen) atoms. The second-order valence-electron chi connectivity index (χ2n) is 7.19. The minimum atomic E-state index is -0.457. The van der Waals surface area contributed by atoms with E-state index < -0.39 is 5.25 Å². The average molecular weight is 434 g/mol. The number of thiophene rings is 1. The summed E-state index contributed by atoms with van der Waals surface area (Å²) in [7, 11) is 0. The van der Waals surface area contributed by atoms with Crippen LogP contribution >= 0.6 is 23.1 Å². The highest BCUT2D eigenvalue weighted by Gasteiger charge is 2.30. The van der Waals surface area contributed by atoms with E-state index in [1.807, 2.05) is 0 Å². The molecule has 1 unspecified atom stereocenters. The zero-order valence-electron chi connectivity index (χ0n) is 16.4. The van der Waals surface area contributed by atoms with Crippen molar-refractivity contribution in [1.29, 1.82) is 0 Å². The summed E-state index contributed by atoms with van der Waals surface area (Å²) in [5, 5.41) is 3.66. The minimum absolute atomic E-state index is 0.214. The third-order valence-corrected chi connectivity index (χ3v) is 7.57. The van der Waals surface area contributed by atoms with E-state index in [1.165, 1.54) is 23.1 Å². The lowest BCUT2D eigenvalue weighted by Gasteiger charge is -2.14. The highest BCUT2D eigenvalue weighted by Crippen LogP contribution is 2.40. The van der Waals surface area contributed by atoms with Gasteiger partial charge in [-0.05, 0) is 57.9 Å². The Morgan fingerprint density at radius 2 is 2.00 bits per heavy atom. The second kappa shape index (κ2) is 8.31. The molecule has 0 aliphatic heterocycles. The van der Waals surface area contributed by atoms with Crippen molar-refractivity contribution in [1.82, 2.24) is 9.97 Å². The van der Waals surface area contributed by atoms with Gasteiger partial charge >= 0.3 is 11.7 Å². The number of aromatic amines is 1. The minimum Gasteiger partial charge on any atom is -0.462 e. The van der Waals surface area contributed by atoms with Crippen molar-refractivity contribution in [2.75, 3.05) is 11.9 Å². The van der Waals surface area contributed by atoms with Gasteiger partial charge in [0.1, 0.15) is 10.0 Å². The number of rotatable bonds is 6. The summed E-state index contributed by atoms with van der Waals surface area (Å²) in [6.07, 6.45) is 5.46. The van der Waals surface area contributed by atoms with Gasteiger partial charge in [0.2, 0.25) is 5.91 Å². The predicted octanol–water partition coefficient (Wildman–Crippen LogP) is 3.10. The number of nitrogens with one attached hydrogen (secondary N) is 2. The summed E-state index contributed by atoms with van der Waals surface area (Å²) < 4.78 is 5.22. The molecule has 1 atom stereocenters. The quantitative estimate of drug-likeness (QED) is 0.412. The maximum Gasteiger partial charge on any atom is 0.346 e. The van der Waals surface area contributed by atoms with E-state index in [4.69, 9.17) is 4.74 Å². The number of amides is 1. The number of aryl methyl sites for hydroxylation is 2. The van der Waals surface area contributed by atoms with E-state index >= 15 is 0 Å². The molecular formula is C20H23N3O4S2. The molecule has 0 fully saturated rings. The third kappa shape index (κ3) is 3.98. The summed E-state index contributed by atoms with van der Waals surface area (Å²) in [4.78, 5) is 45.2. The van der Waals surface area contributed by atoms with Crippen molar-refractivity contribution in [3.8, 4) is 0 Å². The van der Waals surface area contributed by atoms with Crippen LogP contribution in [0.2, 0.25) is 0 Å². The van der Waals surface area contributed by atoms with Crippen molar-refractivity contribution < 1.29 is 14.3 Å². The van der Waals surface area contributed by atoms with Crippen LogP contribution in [0.25, 0.3) is 0 Å². The van der Waals surface area contributed by atoms with Gasteiger partial charge in [-0.25, -0.2) is 9.59 Å². The van der Waals surface area contributed by atoms with Crippen molar-refractivity contribution >= 4 is 40.0 Å². The number of nitrogens with zero attached hydrogens (tertiary/aromatic N) is 1. The lowest BCUT2D eigenvalue weighted by atomic mass is 10.1. The Balaban J connectivity index is 1.53. The first-order valence-corrected chi connectivity index (χ1v) is 11.6. The molecule has 0 bridgehead atoms. The number of thioether (sulfide) groups is 1. The van der Waals surface area contributed by atoms with Gasteiger partial charge in [-0.15, -0.1) is 11.3 Å². The van der Waals surface area contributed by atoms with Crippen LogP contribution in [-0.4, -0.2) is 33.7 Å². The number of esters is 1. The highest BCUT2D eigenvalue weighted by atomic mass is 32.2. The van der Waals surface area contributed by atoms with Gasteiger partial charge in [0, 0.05) is 16.1 Å². The molecule has 2 N–H and O–H groups in total. The summed E-state index contributed by atoms with van der Waals surface area (Å²) in [6.45, 7) is 3.85. The van der Waals surface area contributed by atoms with Gasteiger partial charge in [-0.3, -0.25) is 4.79 Å². The number of fused-ring (bicyclic) bond motifs is 2. The fourth-order valence-electron chi connectivity index (χ4n) is 3.88. The molecule has 2 aliphatic rings. The van der Waals surface area contributed by atoms with Crippen LogP contribution < -0.4 is 11.0 Å². The first-order valence-electron chi connectivity index (χ1n) is 9.89. The molecule has 0 saturated carbocycles. The van der Waals surface area contributed by atoms with Gasteiger partial charge in [0.25, 0.3) is 0 Å².